The third-order valence-corrected chi connectivity index (χ3v) is 9.46. The smallest absolute Gasteiger partial charge is 0.300 e. The number of anilines is 1. The Balaban J connectivity index is 1.93. The first-order valence-electron chi connectivity index (χ1n) is 10.1. The van der Waals surface area contributed by atoms with Crippen LogP contribution in [0, 0.1) is 24.7 Å². The van der Waals surface area contributed by atoms with Crippen molar-refractivity contribution < 1.29 is 18.7 Å². The van der Waals surface area contributed by atoms with Gasteiger partial charge in [0.2, 0.25) is 5.91 Å². The number of nitrogens with zero attached hydrogens (tertiary/aromatic N) is 1. The van der Waals surface area contributed by atoms with E-state index < -0.39 is 12.9 Å². The summed E-state index contributed by atoms with van der Waals surface area (Å²) in [5, 5.41) is 9.96. The number of rotatable bonds is 9. The molecule has 0 spiro atoms. The Bertz CT molecular complexity index is 1290. The SMILES string of the molecule is CCOP(=O)(C(=O)c1c(C)cc(C)c(NC(=O)CSc2n[nH]c(=S)s2)c1C)c1ccccc1. The minimum absolute atomic E-state index is 0.128. The molecule has 0 fully saturated rings. The molecule has 1 atom stereocenters. The molecule has 0 radical (unpaired) electrons. The summed E-state index contributed by atoms with van der Waals surface area (Å²) in [6.07, 6.45) is 0. The molecule has 0 bridgehead atoms. The van der Waals surface area contributed by atoms with Crippen LogP contribution >= 0.6 is 42.7 Å². The molecule has 0 saturated carbocycles. The molecule has 1 aromatic heterocycles. The van der Waals surface area contributed by atoms with Gasteiger partial charge in [0.15, 0.2) is 8.29 Å². The maximum Gasteiger partial charge on any atom is 0.300 e. The number of hydrogen-bond acceptors (Lipinski definition) is 8. The Morgan fingerprint density at radius 2 is 1.91 bits per heavy atom. The van der Waals surface area contributed by atoms with Gasteiger partial charge in [0, 0.05) is 16.6 Å². The predicted molar refractivity (Wildman–Crippen MR) is 137 cm³/mol. The Hall–Kier alpha value is -2.10. The average Bonchev–Trinajstić information content (AvgIpc) is 3.20. The van der Waals surface area contributed by atoms with Gasteiger partial charge in [-0.3, -0.25) is 19.3 Å². The zero-order chi connectivity index (χ0) is 24.2. The van der Waals surface area contributed by atoms with Crippen LogP contribution < -0.4 is 10.6 Å². The molecule has 1 amide bonds. The minimum Gasteiger partial charge on any atom is -0.325 e. The Morgan fingerprint density at radius 1 is 1.21 bits per heavy atom. The molecule has 0 aliphatic rings. The first kappa shape index (κ1) is 25.5. The molecule has 3 aromatic rings. The summed E-state index contributed by atoms with van der Waals surface area (Å²) in [6, 6.07) is 10.3. The number of H-pyrrole nitrogens is 1. The Morgan fingerprint density at radius 3 is 2.52 bits per heavy atom. The number of aromatic amines is 1. The van der Waals surface area contributed by atoms with Gasteiger partial charge in [0.05, 0.1) is 12.4 Å². The summed E-state index contributed by atoms with van der Waals surface area (Å²) >= 11 is 7.57. The van der Waals surface area contributed by atoms with E-state index in [4.69, 9.17) is 16.7 Å². The summed E-state index contributed by atoms with van der Waals surface area (Å²) in [5.41, 5.74) is 2.29. The van der Waals surface area contributed by atoms with Gasteiger partial charge >= 0.3 is 7.37 Å². The van der Waals surface area contributed by atoms with E-state index in [0.29, 0.717) is 36.0 Å². The van der Waals surface area contributed by atoms with Crippen LogP contribution in [0.4, 0.5) is 5.69 Å². The van der Waals surface area contributed by atoms with Gasteiger partial charge in [-0.25, -0.2) is 0 Å². The second-order valence-corrected chi connectivity index (χ2v) is 12.4. The van der Waals surface area contributed by atoms with E-state index in [9.17, 15) is 14.2 Å². The standard InChI is InChI=1S/C22H24N3O4PS3/c1-5-29-30(28,16-9-7-6-8-10-16)20(27)18-13(2)11-14(3)19(15(18)4)23-17(26)12-32-22-25-24-21(31)33-22/h6-11H,5,12H2,1-4H3,(H,23,26)(H,24,31). The van der Waals surface area contributed by atoms with E-state index in [2.05, 4.69) is 15.5 Å². The zero-order valence-corrected chi connectivity index (χ0v) is 22.0. The van der Waals surface area contributed by atoms with Crippen LogP contribution in [-0.4, -0.2) is 34.0 Å². The number of hydrogen-bond donors (Lipinski definition) is 2. The molecule has 11 heteroatoms. The van der Waals surface area contributed by atoms with Gasteiger partial charge < -0.3 is 9.84 Å². The first-order chi connectivity index (χ1) is 15.7. The van der Waals surface area contributed by atoms with Crippen molar-refractivity contribution in [2.45, 2.75) is 32.0 Å². The van der Waals surface area contributed by atoms with Crippen molar-refractivity contribution >= 4 is 65.1 Å². The second kappa shape index (κ2) is 10.9. The van der Waals surface area contributed by atoms with Crippen molar-refractivity contribution in [2.75, 3.05) is 17.7 Å². The van der Waals surface area contributed by atoms with Crippen molar-refractivity contribution in [3.05, 3.63) is 62.6 Å². The van der Waals surface area contributed by atoms with Gasteiger partial charge in [-0.2, -0.15) is 5.10 Å². The van der Waals surface area contributed by atoms with Crippen LogP contribution in [0.2, 0.25) is 0 Å². The number of aryl methyl sites for hydroxylation is 2. The van der Waals surface area contributed by atoms with Crippen LogP contribution in [0.3, 0.4) is 0 Å². The lowest BCUT2D eigenvalue weighted by Crippen LogP contribution is -2.20. The maximum absolute atomic E-state index is 13.8. The zero-order valence-electron chi connectivity index (χ0n) is 18.6. The Labute approximate surface area is 205 Å². The molecule has 1 heterocycles. The number of nitrogens with one attached hydrogen (secondary N) is 2. The number of thioether (sulfide) groups is 1. The van der Waals surface area contributed by atoms with Crippen LogP contribution in [0.1, 0.15) is 34.0 Å². The molecule has 7 nitrogen and oxygen atoms in total. The monoisotopic (exact) mass is 521 g/mol. The van der Waals surface area contributed by atoms with Gasteiger partial charge in [-0.1, -0.05) is 47.4 Å². The van der Waals surface area contributed by atoms with Crippen molar-refractivity contribution in [1.29, 1.82) is 0 Å². The fraction of sp³-hybridized carbons (Fsp3) is 0.273. The van der Waals surface area contributed by atoms with E-state index >= 15 is 0 Å². The molecule has 174 valence electrons. The normalized spacial score (nSPS) is 12.8. The molecule has 2 aromatic carbocycles. The Kier molecular flexibility index (Phi) is 8.42. The topological polar surface area (TPSA) is 101 Å². The third kappa shape index (κ3) is 5.70. The maximum atomic E-state index is 13.8. The van der Waals surface area contributed by atoms with Crippen molar-refractivity contribution in [2.24, 2.45) is 0 Å². The van der Waals surface area contributed by atoms with Gasteiger partial charge in [-0.15, -0.1) is 0 Å². The molecule has 0 aliphatic carbocycles. The van der Waals surface area contributed by atoms with Gasteiger partial charge in [-0.05, 0) is 68.7 Å². The van der Waals surface area contributed by atoms with E-state index in [0.717, 1.165) is 5.56 Å². The van der Waals surface area contributed by atoms with Crippen LogP contribution in [0.15, 0.2) is 40.7 Å². The minimum atomic E-state index is -3.83. The first-order valence-corrected chi connectivity index (χ1v) is 13.9. The highest BCUT2D eigenvalue weighted by molar-refractivity contribution is 8.01. The summed E-state index contributed by atoms with van der Waals surface area (Å²) in [4.78, 5) is 26.3. The molecule has 2 N–H and O–H groups in total. The summed E-state index contributed by atoms with van der Waals surface area (Å²) in [6.45, 7) is 7.23. The molecule has 0 aliphatic heterocycles. The summed E-state index contributed by atoms with van der Waals surface area (Å²) < 4.78 is 20.6. The average molecular weight is 522 g/mol. The largest absolute Gasteiger partial charge is 0.325 e. The lowest BCUT2D eigenvalue weighted by molar-refractivity contribution is -0.113. The summed E-state index contributed by atoms with van der Waals surface area (Å²) in [5.74, 6) is -0.112. The predicted octanol–water partition coefficient (Wildman–Crippen LogP) is 5.64. The van der Waals surface area contributed by atoms with E-state index in [1.807, 2.05) is 13.0 Å². The highest BCUT2D eigenvalue weighted by Crippen LogP contribution is 2.50. The van der Waals surface area contributed by atoms with E-state index in [1.165, 1.54) is 23.1 Å². The molecule has 0 saturated heterocycles. The quantitative estimate of drug-likeness (QED) is 0.214. The number of carbonyl (C=O) groups is 2. The fourth-order valence-corrected chi connectivity index (χ4v) is 7.44. The highest BCUT2D eigenvalue weighted by Gasteiger charge is 2.38. The van der Waals surface area contributed by atoms with Crippen LogP contribution in [0.5, 0.6) is 0 Å². The molecule has 3 rings (SSSR count). The van der Waals surface area contributed by atoms with Crippen LogP contribution in [0.25, 0.3) is 0 Å². The van der Waals surface area contributed by atoms with Gasteiger partial charge in [0.25, 0.3) is 5.52 Å². The number of amides is 1. The van der Waals surface area contributed by atoms with Crippen molar-refractivity contribution in [3.63, 3.8) is 0 Å². The molecule has 1 unspecified atom stereocenters. The summed E-state index contributed by atoms with van der Waals surface area (Å²) in [7, 11) is -3.83. The van der Waals surface area contributed by atoms with E-state index in [1.54, 1.807) is 51.1 Å². The number of aromatic nitrogens is 2. The lowest BCUT2D eigenvalue weighted by atomic mass is 9.98. The van der Waals surface area contributed by atoms with Crippen molar-refractivity contribution in [3.8, 4) is 0 Å². The number of benzene rings is 2. The number of carbonyl (C=O) groups excluding carboxylic acids is 2. The highest BCUT2D eigenvalue weighted by atomic mass is 32.2. The molecular weight excluding hydrogens is 497 g/mol. The third-order valence-electron chi connectivity index (χ3n) is 4.87. The molecule has 33 heavy (non-hydrogen) atoms. The lowest BCUT2D eigenvalue weighted by Gasteiger charge is -2.22. The fourth-order valence-electron chi connectivity index (χ4n) is 3.49. The van der Waals surface area contributed by atoms with Gasteiger partial charge in [0.1, 0.15) is 0 Å². The van der Waals surface area contributed by atoms with Crippen LogP contribution in [-0.2, 0) is 13.9 Å². The molecular formula is C22H24N3O4PS3. The van der Waals surface area contributed by atoms with Crippen molar-refractivity contribution in [1.82, 2.24) is 10.2 Å². The van der Waals surface area contributed by atoms with E-state index in [-0.39, 0.29) is 18.3 Å². The second-order valence-electron chi connectivity index (χ2n) is 7.21.